The number of nitrogens with zero attached hydrogens (tertiary/aromatic N) is 1. The molecule has 1 saturated heterocycles. The van der Waals surface area contributed by atoms with Crippen molar-refractivity contribution < 1.29 is 18.7 Å². The highest BCUT2D eigenvalue weighted by Crippen LogP contribution is 2.22. The first-order valence-corrected chi connectivity index (χ1v) is 10.4. The molecule has 31 heavy (non-hydrogen) atoms. The molecule has 1 fully saturated rings. The third kappa shape index (κ3) is 5.19. The van der Waals surface area contributed by atoms with Crippen molar-refractivity contribution in [1.82, 2.24) is 10.3 Å². The number of para-hydroxylation sites is 1. The minimum atomic E-state index is -0.268. The fourth-order valence-corrected chi connectivity index (χ4v) is 3.54. The molecule has 2 heterocycles. The molecule has 7 nitrogen and oxygen atoms in total. The number of hydrogen-bond acceptors (Lipinski definition) is 5. The van der Waals surface area contributed by atoms with Crippen molar-refractivity contribution >= 4 is 17.5 Å². The first-order valence-electron chi connectivity index (χ1n) is 10.4. The number of ether oxygens (including phenoxy) is 1. The Hall–Kier alpha value is -3.45. The molecule has 0 spiro atoms. The quantitative estimate of drug-likeness (QED) is 0.609. The summed E-state index contributed by atoms with van der Waals surface area (Å²) in [6.45, 7) is 2.98. The SMILES string of the molecule is Cc1oc(-c2ccccc2)nc1CC(=O)Nc1ccccc1C(=O)NCC1CCCO1. The van der Waals surface area contributed by atoms with Gasteiger partial charge in [-0.25, -0.2) is 4.98 Å². The highest BCUT2D eigenvalue weighted by molar-refractivity contribution is 6.04. The number of carbonyl (C=O) groups is 2. The van der Waals surface area contributed by atoms with Crippen LogP contribution in [0.5, 0.6) is 0 Å². The lowest BCUT2D eigenvalue weighted by atomic mass is 10.1. The molecule has 2 aromatic carbocycles. The van der Waals surface area contributed by atoms with E-state index in [1.807, 2.05) is 30.3 Å². The number of aromatic nitrogens is 1. The zero-order valence-electron chi connectivity index (χ0n) is 17.4. The van der Waals surface area contributed by atoms with Gasteiger partial charge in [0.15, 0.2) is 0 Å². The first-order chi connectivity index (χ1) is 15.1. The standard InChI is InChI=1S/C24H25N3O4/c1-16-21(27-24(31-16)17-8-3-2-4-9-17)14-22(28)26-20-12-6-5-11-19(20)23(29)25-15-18-10-7-13-30-18/h2-6,8-9,11-12,18H,7,10,13-15H2,1H3,(H,25,29)(H,26,28). The van der Waals surface area contributed by atoms with Crippen LogP contribution in [0, 0.1) is 6.92 Å². The van der Waals surface area contributed by atoms with Gasteiger partial charge >= 0.3 is 0 Å². The number of benzene rings is 2. The van der Waals surface area contributed by atoms with Gasteiger partial charge in [-0.15, -0.1) is 0 Å². The number of nitrogens with one attached hydrogen (secondary N) is 2. The summed E-state index contributed by atoms with van der Waals surface area (Å²) in [7, 11) is 0. The van der Waals surface area contributed by atoms with E-state index in [0.717, 1.165) is 25.0 Å². The van der Waals surface area contributed by atoms with E-state index in [2.05, 4.69) is 15.6 Å². The van der Waals surface area contributed by atoms with E-state index < -0.39 is 0 Å². The Labute approximate surface area is 180 Å². The number of aryl methyl sites for hydroxylation is 1. The number of rotatable bonds is 7. The van der Waals surface area contributed by atoms with Crippen LogP contribution in [0.1, 0.15) is 34.7 Å². The van der Waals surface area contributed by atoms with Crippen molar-refractivity contribution in [1.29, 1.82) is 0 Å². The molecule has 0 aliphatic carbocycles. The van der Waals surface area contributed by atoms with Crippen LogP contribution in [0.25, 0.3) is 11.5 Å². The molecule has 160 valence electrons. The fourth-order valence-electron chi connectivity index (χ4n) is 3.54. The third-order valence-electron chi connectivity index (χ3n) is 5.20. The lowest BCUT2D eigenvalue weighted by Gasteiger charge is -2.13. The van der Waals surface area contributed by atoms with E-state index >= 15 is 0 Å². The Bertz CT molecular complexity index is 1060. The Balaban J connectivity index is 1.41. The third-order valence-corrected chi connectivity index (χ3v) is 5.20. The summed E-state index contributed by atoms with van der Waals surface area (Å²) in [5.41, 5.74) is 2.29. The molecule has 1 aliphatic rings. The van der Waals surface area contributed by atoms with E-state index in [9.17, 15) is 9.59 Å². The van der Waals surface area contributed by atoms with Crippen molar-refractivity contribution in [2.24, 2.45) is 0 Å². The Morgan fingerprint density at radius 1 is 1.10 bits per heavy atom. The highest BCUT2D eigenvalue weighted by Gasteiger charge is 2.19. The van der Waals surface area contributed by atoms with Crippen molar-refractivity contribution in [2.75, 3.05) is 18.5 Å². The van der Waals surface area contributed by atoms with Gasteiger partial charge in [0.25, 0.3) is 5.91 Å². The lowest BCUT2D eigenvalue weighted by Crippen LogP contribution is -2.32. The van der Waals surface area contributed by atoms with Crippen molar-refractivity contribution in [2.45, 2.75) is 32.3 Å². The minimum Gasteiger partial charge on any atom is -0.441 e. The first kappa shape index (κ1) is 20.8. The Morgan fingerprint density at radius 3 is 2.65 bits per heavy atom. The van der Waals surface area contributed by atoms with E-state index in [-0.39, 0.29) is 24.3 Å². The summed E-state index contributed by atoms with van der Waals surface area (Å²) in [4.78, 5) is 29.8. The second-order valence-corrected chi connectivity index (χ2v) is 7.50. The summed E-state index contributed by atoms with van der Waals surface area (Å²) in [6.07, 6.45) is 2.06. The summed E-state index contributed by atoms with van der Waals surface area (Å²) < 4.78 is 11.3. The maximum atomic E-state index is 12.7. The molecule has 4 rings (SSSR count). The smallest absolute Gasteiger partial charge is 0.253 e. The van der Waals surface area contributed by atoms with Crippen molar-refractivity contribution in [3.63, 3.8) is 0 Å². The number of carbonyl (C=O) groups excluding carboxylic acids is 2. The zero-order chi connectivity index (χ0) is 21.6. The van der Waals surface area contributed by atoms with Crippen molar-refractivity contribution in [3.05, 3.63) is 71.6 Å². The molecule has 0 bridgehead atoms. The summed E-state index contributed by atoms with van der Waals surface area (Å²) in [5, 5.41) is 5.72. The predicted octanol–water partition coefficient (Wildman–Crippen LogP) is 3.74. The van der Waals surface area contributed by atoms with Gasteiger partial charge in [-0.3, -0.25) is 9.59 Å². The van der Waals surface area contributed by atoms with Gasteiger partial charge in [-0.05, 0) is 44.0 Å². The van der Waals surface area contributed by atoms with Crippen LogP contribution in [0.2, 0.25) is 0 Å². The van der Waals surface area contributed by atoms with Gasteiger partial charge in [-0.1, -0.05) is 30.3 Å². The van der Waals surface area contributed by atoms with Gasteiger partial charge in [0.1, 0.15) is 5.76 Å². The monoisotopic (exact) mass is 419 g/mol. The average Bonchev–Trinajstić information content (AvgIpc) is 3.43. The maximum absolute atomic E-state index is 12.7. The molecule has 1 aromatic heterocycles. The van der Waals surface area contributed by atoms with E-state index in [0.29, 0.717) is 35.1 Å². The molecule has 2 amide bonds. The topological polar surface area (TPSA) is 93.5 Å². The van der Waals surface area contributed by atoms with Gasteiger partial charge in [0, 0.05) is 18.7 Å². The summed E-state index contributed by atoms with van der Waals surface area (Å²) in [5.74, 6) is 0.567. The molecule has 3 aromatic rings. The van der Waals surface area contributed by atoms with Crippen LogP contribution in [-0.2, 0) is 16.0 Å². The van der Waals surface area contributed by atoms with Crippen LogP contribution in [0.4, 0.5) is 5.69 Å². The molecule has 0 saturated carbocycles. The van der Waals surface area contributed by atoms with Crippen LogP contribution in [-0.4, -0.2) is 36.1 Å². The van der Waals surface area contributed by atoms with Gasteiger partial charge < -0.3 is 19.8 Å². The zero-order valence-corrected chi connectivity index (χ0v) is 17.4. The van der Waals surface area contributed by atoms with Crippen LogP contribution >= 0.6 is 0 Å². The number of amides is 2. The number of anilines is 1. The summed E-state index contributed by atoms with van der Waals surface area (Å²) in [6, 6.07) is 16.5. The van der Waals surface area contributed by atoms with E-state index in [1.165, 1.54) is 0 Å². The molecule has 7 heteroatoms. The molecule has 2 N–H and O–H groups in total. The maximum Gasteiger partial charge on any atom is 0.253 e. The molecule has 0 radical (unpaired) electrons. The highest BCUT2D eigenvalue weighted by atomic mass is 16.5. The Kier molecular flexibility index (Phi) is 6.43. The summed E-state index contributed by atoms with van der Waals surface area (Å²) >= 11 is 0. The van der Waals surface area contributed by atoms with Gasteiger partial charge in [0.05, 0.1) is 29.5 Å². The minimum absolute atomic E-state index is 0.0496. The van der Waals surface area contributed by atoms with Gasteiger partial charge in [-0.2, -0.15) is 0 Å². The molecular weight excluding hydrogens is 394 g/mol. The molecule has 1 atom stereocenters. The second-order valence-electron chi connectivity index (χ2n) is 7.50. The molecule has 1 unspecified atom stereocenters. The van der Waals surface area contributed by atoms with Crippen LogP contribution < -0.4 is 10.6 Å². The normalized spacial score (nSPS) is 15.6. The largest absolute Gasteiger partial charge is 0.441 e. The number of hydrogen-bond donors (Lipinski definition) is 2. The molecular formula is C24H25N3O4. The van der Waals surface area contributed by atoms with Crippen LogP contribution in [0.15, 0.2) is 59.0 Å². The second kappa shape index (κ2) is 9.57. The fraction of sp³-hybridized carbons (Fsp3) is 0.292. The van der Waals surface area contributed by atoms with Crippen molar-refractivity contribution in [3.8, 4) is 11.5 Å². The van der Waals surface area contributed by atoms with E-state index in [1.54, 1.807) is 31.2 Å². The Morgan fingerprint density at radius 2 is 1.87 bits per heavy atom. The number of oxazole rings is 1. The average molecular weight is 419 g/mol. The molecule has 1 aliphatic heterocycles. The lowest BCUT2D eigenvalue weighted by molar-refractivity contribution is -0.115. The van der Waals surface area contributed by atoms with Crippen LogP contribution in [0.3, 0.4) is 0 Å². The predicted molar refractivity (Wildman–Crippen MR) is 117 cm³/mol. The van der Waals surface area contributed by atoms with Gasteiger partial charge in [0.2, 0.25) is 11.8 Å². The van der Waals surface area contributed by atoms with E-state index in [4.69, 9.17) is 9.15 Å².